The number of fused-ring (bicyclic) bond motifs is 2. The molecule has 1 aliphatic carbocycles. The van der Waals surface area contributed by atoms with Crippen molar-refractivity contribution in [1.82, 2.24) is 10.3 Å². The van der Waals surface area contributed by atoms with Gasteiger partial charge in [0, 0.05) is 17.6 Å². The summed E-state index contributed by atoms with van der Waals surface area (Å²) in [5.74, 6) is 0. The minimum absolute atomic E-state index is 0.995. The molecule has 0 fully saturated rings. The molecule has 118 valence electrons. The Balaban J connectivity index is 2.02. The minimum atomic E-state index is 0.995. The highest BCUT2D eigenvalue weighted by molar-refractivity contribution is 5.84. The number of pyridine rings is 1. The van der Waals surface area contributed by atoms with Gasteiger partial charge in [-0.05, 0) is 73.9 Å². The molecular weight excluding hydrogens is 268 g/mol. The van der Waals surface area contributed by atoms with Crippen LogP contribution in [0.25, 0.3) is 10.9 Å². The summed E-state index contributed by atoms with van der Waals surface area (Å²) in [4.78, 5) is 4.97. The number of nitrogens with zero attached hydrogens (tertiary/aromatic N) is 1. The van der Waals surface area contributed by atoms with Crippen LogP contribution in [0.15, 0.2) is 18.2 Å². The number of nitrogens with one attached hydrogen (secondary N) is 1. The highest BCUT2D eigenvalue weighted by Crippen LogP contribution is 2.30. The van der Waals surface area contributed by atoms with E-state index in [4.69, 9.17) is 4.98 Å². The van der Waals surface area contributed by atoms with Crippen molar-refractivity contribution in [3.05, 3.63) is 40.6 Å². The second-order valence-corrected chi connectivity index (χ2v) is 6.46. The van der Waals surface area contributed by atoms with Gasteiger partial charge in [-0.25, -0.2) is 0 Å². The molecule has 1 aliphatic rings. The van der Waals surface area contributed by atoms with E-state index in [1.807, 2.05) is 0 Å². The Morgan fingerprint density at radius 3 is 2.82 bits per heavy atom. The molecule has 2 nitrogen and oxygen atoms in total. The molecule has 1 N–H and O–H groups in total. The first-order valence-corrected chi connectivity index (χ1v) is 8.97. The lowest BCUT2D eigenvalue weighted by Gasteiger charge is -2.21. The van der Waals surface area contributed by atoms with E-state index >= 15 is 0 Å². The molecule has 0 saturated carbocycles. The molecule has 0 atom stereocenters. The van der Waals surface area contributed by atoms with E-state index in [0.29, 0.717) is 0 Å². The van der Waals surface area contributed by atoms with Gasteiger partial charge in [0.25, 0.3) is 0 Å². The highest BCUT2D eigenvalue weighted by Gasteiger charge is 2.17. The summed E-state index contributed by atoms with van der Waals surface area (Å²) in [6, 6.07) is 6.82. The van der Waals surface area contributed by atoms with Gasteiger partial charge in [0.2, 0.25) is 0 Å². The summed E-state index contributed by atoms with van der Waals surface area (Å²) in [7, 11) is 0. The van der Waals surface area contributed by atoms with Crippen molar-refractivity contribution in [3.8, 4) is 0 Å². The maximum Gasteiger partial charge on any atom is 0.0708 e. The number of hydrogen-bond donors (Lipinski definition) is 1. The zero-order chi connectivity index (χ0) is 15.4. The molecule has 0 spiro atoms. The largest absolute Gasteiger partial charge is 0.313 e. The van der Waals surface area contributed by atoms with Crippen molar-refractivity contribution in [1.29, 1.82) is 0 Å². The van der Waals surface area contributed by atoms with Crippen LogP contribution in [-0.2, 0) is 25.8 Å². The number of aromatic nitrogens is 1. The molecule has 0 aliphatic heterocycles. The fourth-order valence-corrected chi connectivity index (χ4v) is 3.51. The highest BCUT2D eigenvalue weighted by atomic mass is 14.8. The van der Waals surface area contributed by atoms with Gasteiger partial charge >= 0.3 is 0 Å². The van der Waals surface area contributed by atoms with E-state index in [9.17, 15) is 0 Å². The van der Waals surface area contributed by atoms with Crippen LogP contribution in [0.2, 0.25) is 0 Å². The molecular formula is C20H28N2. The van der Waals surface area contributed by atoms with Crippen LogP contribution in [0.1, 0.15) is 61.9 Å². The number of benzene rings is 1. The normalized spacial score (nSPS) is 14.3. The van der Waals surface area contributed by atoms with Gasteiger partial charge in [-0.2, -0.15) is 0 Å². The van der Waals surface area contributed by atoms with E-state index in [1.165, 1.54) is 65.4 Å². The zero-order valence-electron chi connectivity index (χ0n) is 14.0. The Hall–Kier alpha value is -1.41. The summed E-state index contributed by atoms with van der Waals surface area (Å²) < 4.78 is 0. The maximum absolute atomic E-state index is 4.97. The first-order valence-electron chi connectivity index (χ1n) is 8.97. The van der Waals surface area contributed by atoms with Crippen LogP contribution >= 0.6 is 0 Å². The first-order chi connectivity index (χ1) is 10.8. The Bertz CT molecular complexity index is 646. The quantitative estimate of drug-likeness (QED) is 0.790. The number of hydrogen-bond acceptors (Lipinski definition) is 2. The predicted molar refractivity (Wildman–Crippen MR) is 94.4 cm³/mol. The summed E-state index contributed by atoms with van der Waals surface area (Å²) in [5.41, 5.74) is 7.02. The SMILES string of the molecule is CCCCNCc1c2c(nc3ccc(CC)cc13)CCCC2. The zero-order valence-corrected chi connectivity index (χ0v) is 14.0. The molecule has 2 aromatic rings. The van der Waals surface area contributed by atoms with E-state index in [0.717, 1.165) is 25.9 Å². The van der Waals surface area contributed by atoms with Crippen LogP contribution < -0.4 is 5.32 Å². The third-order valence-corrected chi connectivity index (χ3v) is 4.86. The van der Waals surface area contributed by atoms with Gasteiger partial charge in [0.15, 0.2) is 0 Å². The van der Waals surface area contributed by atoms with E-state index in [2.05, 4.69) is 37.4 Å². The summed E-state index contributed by atoms with van der Waals surface area (Å²) in [6.45, 7) is 6.59. The first kappa shape index (κ1) is 15.5. The van der Waals surface area contributed by atoms with E-state index in [-0.39, 0.29) is 0 Å². The minimum Gasteiger partial charge on any atom is -0.313 e. The van der Waals surface area contributed by atoms with Crippen LogP contribution in [-0.4, -0.2) is 11.5 Å². The van der Waals surface area contributed by atoms with Gasteiger partial charge in [0.05, 0.1) is 5.52 Å². The topological polar surface area (TPSA) is 24.9 Å². The molecule has 22 heavy (non-hydrogen) atoms. The van der Waals surface area contributed by atoms with E-state index in [1.54, 1.807) is 0 Å². The van der Waals surface area contributed by atoms with Crippen molar-refractivity contribution in [2.75, 3.05) is 6.54 Å². The smallest absolute Gasteiger partial charge is 0.0708 e. The molecule has 0 bridgehead atoms. The second kappa shape index (κ2) is 7.23. The third kappa shape index (κ3) is 3.17. The number of unbranched alkanes of at least 4 members (excludes halogenated alkanes) is 1. The predicted octanol–water partition coefficient (Wildman–Crippen LogP) is 4.57. The summed E-state index contributed by atoms with van der Waals surface area (Å²) in [5, 5.41) is 5.03. The summed E-state index contributed by atoms with van der Waals surface area (Å²) in [6.07, 6.45) is 8.57. The van der Waals surface area contributed by atoms with E-state index < -0.39 is 0 Å². The van der Waals surface area contributed by atoms with Gasteiger partial charge in [-0.3, -0.25) is 4.98 Å². The lowest BCUT2D eigenvalue weighted by molar-refractivity contribution is 0.624. The molecule has 3 rings (SSSR count). The van der Waals surface area contributed by atoms with Gasteiger partial charge in [-0.1, -0.05) is 26.3 Å². The molecule has 1 aromatic heterocycles. The van der Waals surface area contributed by atoms with Crippen molar-refractivity contribution in [3.63, 3.8) is 0 Å². The van der Waals surface area contributed by atoms with Crippen LogP contribution in [0, 0.1) is 0 Å². The molecule has 0 saturated heterocycles. The average Bonchev–Trinajstić information content (AvgIpc) is 2.57. The standard InChI is InChI=1S/C20H28N2/c1-3-5-12-21-14-18-16-8-6-7-9-19(16)22-20-11-10-15(4-2)13-17(18)20/h10-11,13,21H,3-9,12,14H2,1-2H3. The van der Waals surface area contributed by atoms with Crippen molar-refractivity contribution in [2.45, 2.75) is 65.3 Å². The lowest BCUT2D eigenvalue weighted by Crippen LogP contribution is -2.18. The second-order valence-electron chi connectivity index (χ2n) is 6.46. The average molecular weight is 296 g/mol. The Labute approximate surface area is 134 Å². The molecule has 0 radical (unpaired) electrons. The summed E-state index contributed by atoms with van der Waals surface area (Å²) >= 11 is 0. The van der Waals surface area contributed by atoms with Crippen LogP contribution in [0.5, 0.6) is 0 Å². The number of rotatable bonds is 6. The van der Waals surface area contributed by atoms with Gasteiger partial charge < -0.3 is 5.32 Å². The monoisotopic (exact) mass is 296 g/mol. The molecule has 1 aromatic carbocycles. The van der Waals surface area contributed by atoms with Gasteiger partial charge in [-0.15, -0.1) is 0 Å². The Kier molecular flexibility index (Phi) is 5.09. The Morgan fingerprint density at radius 1 is 1.14 bits per heavy atom. The van der Waals surface area contributed by atoms with Crippen molar-refractivity contribution >= 4 is 10.9 Å². The molecule has 1 heterocycles. The molecule has 2 heteroatoms. The third-order valence-electron chi connectivity index (χ3n) is 4.86. The fraction of sp³-hybridized carbons (Fsp3) is 0.550. The Morgan fingerprint density at radius 2 is 2.00 bits per heavy atom. The van der Waals surface area contributed by atoms with Gasteiger partial charge in [0.1, 0.15) is 0 Å². The molecule has 0 amide bonds. The van der Waals surface area contributed by atoms with Crippen molar-refractivity contribution in [2.24, 2.45) is 0 Å². The number of aryl methyl sites for hydroxylation is 2. The lowest BCUT2D eigenvalue weighted by atomic mass is 9.89. The van der Waals surface area contributed by atoms with Crippen LogP contribution in [0.3, 0.4) is 0 Å². The maximum atomic E-state index is 4.97. The van der Waals surface area contributed by atoms with Crippen LogP contribution in [0.4, 0.5) is 0 Å². The fourth-order valence-electron chi connectivity index (χ4n) is 3.51. The van der Waals surface area contributed by atoms with Crippen molar-refractivity contribution < 1.29 is 0 Å². The molecule has 0 unspecified atom stereocenters.